The van der Waals surface area contributed by atoms with Crippen molar-refractivity contribution in [3.8, 4) is 0 Å². The predicted octanol–water partition coefficient (Wildman–Crippen LogP) is -0.254. The standard InChI is InChI=1S/C10H15NO4/c1-9(2,3)10-4-6(7(12)15-10)11(5-10)8(13)14/h6H,4-5H2,1-3H3,(H,13,14)/p-1. The molecule has 2 rings (SSSR count). The summed E-state index contributed by atoms with van der Waals surface area (Å²) in [7, 11) is 0. The summed E-state index contributed by atoms with van der Waals surface area (Å²) in [5, 5.41) is 10.8. The molecular weight excluding hydrogens is 198 g/mol. The molecule has 1 amide bonds. The highest BCUT2D eigenvalue weighted by molar-refractivity contribution is 5.84. The van der Waals surface area contributed by atoms with Gasteiger partial charge < -0.3 is 19.5 Å². The van der Waals surface area contributed by atoms with E-state index in [2.05, 4.69) is 0 Å². The van der Waals surface area contributed by atoms with Crippen molar-refractivity contribution in [2.45, 2.75) is 38.8 Å². The second kappa shape index (κ2) is 2.65. The van der Waals surface area contributed by atoms with Crippen LogP contribution in [0.2, 0.25) is 0 Å². The molecule has 84 valence electrons. The number of carboxylic acid groups (broad SMARTS) is 1. The number of hydrogen-bond donors (Lipinski definition) is 0. The zero-order chi connectivity index (χ0) is 11.4. The molecule has 5 heteroatoms. The minimum Gasteiger partial charge on any atom is -0.530 e. The molecule has 2 heterocycles. The zero-order valence-corrected chi connectivity index (χ0v) is 9.07. The lowest BCUT2D eigenvalue weighted by Crippen LogP contribution is -2.55. The highest BCUT2D eigenvalue weighted by Crippen LogP contribution is 2.48. The monoisotopic (exact) mass is 212 g/mol. The Labute approximate surface area is 88.0 Å². The summed E-state index contributed by atoms with van der Waals surface area (Å²) in [5.41, 5.74) is -0.934. The maximum Gasteiger partial charge on any atom is 0.329 e. The quantitative estimate of drug-likeness (QED) is 0.519. The summed E-state index contributed by atoms with van der Waals surface area (Å²) < 4.78 is 5.32. The summed E-state index contributed by atoms with van der Waals surface area (Å²) in [6.07, 6.45) is -0.841. The third-order valence-electron chi connectivity index (χ3n) is 3.49. The second-order valence-corrected chi connectivity index (χ2v) is 5.28. The van der Waals surface area contributed by atoms with Crippen LogP contribution in [-0.4, -0.2) is 35.2 Å². The lowest BCUT2D eigenvalue weighted by molar-refractivity contribution is -0.270. The average molecular weight is 212 g/mol. The average Bonchev–Trinajstić information content (AvgIpc) is 2.57. The number of carbonyl (C=O) groups is 2. The van der Waals surface area contributed by atoms with Crippen LogP contribution in [0.25, 0.3) is 0 Å². The fourth-order valence-corrected chi connectivity index (χ4v) is 2.31. The van der Waals surface area contributed by atoms with E-state index in [1.165, 1.54) is 0 Å². The van der Waals surface area contributed by atoms with E-state index < -0.39 is 23.7 Å². The Morgan fingerprint density at radius 2 is 2.20 bits per heavy atom. The number of fused-ring (bicyclic) bond motifs is 2. The summed E-state index contributed by atoms with van der Waals surface area (Å²) >= 11 is 0. The van der Waals surface area contributed by atoms with Crippen LogP contribution in [-0.2, 0) is 9.53 Å². The maximum atomic E-state index is 11.4. The molecule has 0 spiro atoms. The number of nitrogens with zero attached hydrogens (tertiary/aromatic N) is 1. The first-order valence-electron chi connectivity index (χ1n) is 4.97. The molecule has 0 aromatic heterocycles. The molecule has 2 aliphatic heterocycles. The number of amides is 1. The summed E-state index contributed by atoms with van der Waals surface area (Å²) in [5.74, 6) is -0.444. The van der Waals surface area contributed by atoms with Gasteiger partial charge in [0.15, 0.2) is 0 Å². The van der Waals surface area contributed by atoms with Crippen molar-refractivity contribution in [3.05, 3.63) is 0 Å². The molecule has 0 aliphatic carbocycles. The van der Waals surface area contributed by atoms with Crippen LogP contribution < -0.4 is 5.11 Å². The second-order valence-electron chi connectivity index (χ2n) is 5.28. The van der Waals surface area contributed by atoms with Crippen LogP contribution in [0, 0.1) is 5.41 Å². The van der Waals surface area contributed by atoms with E-state index >= 15 is 0 Å². The highest BCUT2D eigenvalue weighted by atomic mass is 16.6. The number of hydrogen-bond acceptors (Lipinski definition) is 4. The maximum absolute atomic E-state index is 11.4. The summed E-state index contributed by atoms with van der Waals surface area (Å²) in [4.78, 5) is 23.3. The number of morpholine rings is 1. The number of ether oxygens (including phenoxy) is 1. The van der Waals surface area contributed by atoms with Crippen LogP contribution in [0.1, 0.15) is 27.2 Å². The van der Waals surface area contributed by atoms with Crippen LogP contribution in [0.3, 0.4) is 0 Å². The first-order valence-corrected chi connectivity index (χ1v) is 4.97. The molecule has 2 unspecified atom stereocenters. The van der Waals surface area contributed by atoms with Gasteiger partial charge in [0.2, 0.25) is 0 Å². The molecule has 0 aromatic carbocycles. The number of carbonyl (C=O) groups excluding carboxylic acids is 2. The molecular formula is C10H14NO4-. The molecule has 2 fully saturated rings. The Balaban J connectivity index is 2.34. The Kier molecular flexibility index (Phi) is 1.81. The van der Waals surface area contributed by atoms with Crippen molar-refractivity contribution in [1.29, 1.82) is 0 Å². The lowest BCUT2D eigenvalue weighted by Gasteiger charge is -2.41. The molecule has 0 aromatic rings. The molecule has 2 saturated heterocycles. The van der Waals surface area contributed by atoms with Crippen molar-refractivity contribution < 1.29 is 19.4 Å². The van der Waals surface area contributed by atoms with E-state index in [1.807, 2.05) is 20.8 Å². The minimum absolute atomic E-state index is 0.231. The van der Waals surface area contributed by atoms with Gasteiger partial charge in [0.1, 0.15) is 17.7 Å². The zero-order valence-electron chi connectivity index (χ0n) is 9.07. The van der Waals surface area contributed by atoms with Crippen LogP contribution in [0.15, 0.2) is 0 Å². The topological polar surface area (TPSA) is 69.7 Å². The van der Waals surface area contributed by atoms with Crippen molar-refractivity contribution in [1.82, 2.24) is 4.90 Å². The highest BCUT2D eigenvalue weighted by Gasteiger charge is 2.62. The van der Waals surface area contributed by atoms with Gasteiger partial charge >= 0.3 is 5.97 Å². The van der Waals surface area contributed by atoms with Crippen molar-refractivity contribution in [2.75, 3.05) is 6.54 Å². The van der Waals surface area contributed by atoms with Gasteiger partial charge in [0, 0.05) is 11.8 Å². The normalized spacial score (nSPS) is 34.5. The number of likely N-dealkylation sites (tertiary alicyclic amines) is 1. The van der Waals surface area contributed by atoms with Crippen molar-refractivity contribution in [3.63, 3.8) is 0 Å². The lowest BCUT2D eigenvalue weighted by atomic mass is 9.76. The van der Waals surface area contributed by atoms with Gasteiger partial charge in [-0.1, -0.05) is 20.8 Å². The number of rotatable bonds is 0. The third kappa shape index (κ3) is 1.22. The molecule has 0 N–H and O–H groups in total. The molecule has 5 nitrogen and oxygen atoms in total. The van der Waals surface area contributed by atoms with Gasteiger partial charge in [-0.2, -0.15) is 0 Å². The number of esters is 1. The molecule has 0 radical (unpaired) electrons. The molecule has 2 aliphatic rings. The van der Waals surface area contributed by atoms with E-state index in [-0.39, 0.29) is 12.0 Å². The van der Waals surface area contributed by atoms with Gasteiger partial charge in [-0.25, -0.2) is 4.79 Å². The van der Waals surface area contributed by atoms with Gasteiger partial charge in [-0.05, 0) is 0 Å². The molecule has 2 atom stereocenters. The fourth-order valence-electron chi connectivity index (χ4n) is 2.31. The first kappa shape index (κ1) is 10.3. The largest absolute Gasteiger partial charge is 0.530 e. The Morgan fingerprint density at radius 1 is 1.60 bits per heavy atom. The fraction of sp³-hybridized carbons (Fsp3) is 0.800. The van der Waals surface area contributed by atoms with E-state index in [9.17, 15) is 14.7 Å². The summed E-state index contributed by atoms with van der Waals surface area (Å²) in [6, 6.07) is -0.658. The SMILES string of the molecule is CC(C)(C)C12CC(C(=O)O1)N(C(=O)[O-])C2. The van der Waals surface area contributed by atoms with Crippen LogP contribution in [0.5, 0.6) is 0 Å². The van der Waals surface area contributed by atoms with E-state index in [0.29, 0.717) is 6.42 Å². The van der Waals surface area contributed by atoms with E-state index in [4.69, 9.17) is 4.74 Å². The molecule has 15 heavy (non-hydrogen) atoms. The predicted molar refractivity (Wildman–Crippen MR) is 48.8 cm³/mol. The van der Waals surface area contributed by atoms with E-state index in [1.54, 1.807) is 0 Å². The molecule has 0 saturated carbocycles. The van der Waals surface area contributed by atoms with Crippen LogP contribution in [0.4, 0.5) is 4.79 Å². The Morgan fingerprint density at radius 3 is 2.53 bits per heavy atom. The van der Waals surface area contributed by atoms with Gasteiger partial charge in [-0.3, -0.25) is 0 Å². The van der Waals surface area contributed by atoms with Crippen LogP contribution >= 0.6 is 0 Å². The van der Waals surface area contributed by atoms with Gasteiger partial charge in [0.25, 0.3) is 0 Å². The minimum atomic E-state index is -1.29. The Hall–Kier alpha value is -1.26. The van der Waals surface area contributed by atoms with Gasteiger partial charge in [0.05, 0.1) is 6.54 Å². The van der Waals surface area contributed by atoms with Crippen molar-refractivity contribution >= 4 is 12.1 Å². The van der Waals surface area contributed by atoms with Crippen molar-refractivity contribution in [2.24, 2.45) is 5.41 Å². The smallest absolute Gasteiger partial charge is 0.329 e. The van der Waals surface area contributed by atoms with E-state index in [0.717, 1.165) is 4.90 Å². The third-order valence-corrected chi connectivity index (χ3v) is 3.49. The Bertz CT molecular complexity index is 333. The summed E-state index contributed by atoms with van der Waals surface area (Å²) in [6.45, 7) is 6.07. The van der Waals surface area contributed by atoms with Gasteiger partial charge in [-0.15, -0.1) is 0 Å². The molecule has 2 bridgehead atoms. The first-order chi connectivity index (χ1) is 6.77.